The molecule has 1 aromatic rings. The molecule has 3 heteroatoms. The number of hydrogen-bond donors (Lipinski definition) is 1. The van der Waals surface area contributed by atoms with E-state index in [0.717, 1.165) is 18.2 Å². The lowest BCUT2D eigenvalue weighted by atomic mass is 10.2. The second-order valence-electron chi connectivity index (χ2n) is 4.05. The fourth-order valence-electron chi connectivity index (χ4n) is 1.53. The highest BCUT2D eigenvalue weighted by atomic mass is 16.4. The molecule has 1 aromatic heterocycles. The van der Waals surface area contributed by atoms with Gasteiger partial charge in [0.05, 0.1) is 12.2 Å². The third-order valence-electron chi connectivity index (χ3n) is 2.49. The Kier molecular flexibility index (Phi) is 5.40. The van der Waals surface area contributed by atoms with Crippen LogP contribution in [0.5, 0.6) is 0 Å². The number of oxazole rings is 1. The first-order valence-corrected chi connectivity index (χ1v) is 5.89. The van der Waals surface area contributed by atoms with Crippen LogP contribution in [0.2, 0.25) is 0 Å². The zero-order chi connectivity index (χ0) is 11.1. The van der Waals surface area contributed by atoms with Crippen LogP contribution in [0.3, 0.4) is 0 Å². The molecule has 1 heterocycles. The second-order valence-corrected chi connectivity index (χ2v) is 4.05. The normalized spacial score (nSPS) is 13.0. The van der Waals surface area contributed by atoms with E-state index in [-0.39, 0.29) is 6.04 Å². The summed E-state index contributed by atoms with van der Waals surface area (Å²) in [5, 5.41) is 3.41. The van der Waals surface area contributed by atoms with Gasteiger partial charge in [0, 0.05) is 0 Å². The Morgan fingerprint density at radius 2 is 2.20 bits per heavy atom. The van der Waals surface area contributed by atoms with Crippen molar-refractivity contribution in [3.8, 4) is 0 Å². The molecule has 0 aromatic carbocycles. The van der Waals surface area contributed by atoms with Crippen molar-refractivity contribution < 1.29 is 4.42 Å². The van der Waals surface area contributed by atoms with Crippen LogP contribution in [0.1, 0.15) is 57.2 Å². The molecular weight excluding hydrogens is 188 g/mol. The predicted molar refractivity (Wildman–Crippen MR) is 61.8 cm³/mol. The second kappa shape index (κ2) is 6.62. The largest absolute Gasteiger partial charge is 0.444 e. The Balaban J connectivity index is 2.16. The molecule has 86 valence electrons. The maximum absolute atomic E-state index is 5.45. The Morgan fingerprint density at radius 3 is 2.80 bits per heavy atom. The quantitative estimate of drug-likeness (QED) is 0.702. The van der Waals surface area contributed by atoms with Crippen molar-refractivity contribution in [3.05, 3.63) is 17.8 Å². The lowest BCUT2D eigenvalue weighted by Crippen LogP contribution is -2.20. The van der Waals surface area contributed by atoms with E-state index in [4.69, 9.17) is 4.42 Å². The summed E-state index contributed by atoms with van der Waals surface area (Å²) in [7, 11) is 0. The summed E-state index contributed by atoms with van der Waals surface area (Å²) in [4.78, 5) is 4.20. The zero-order valence-corrected chi connectivity index (χ0v) is 10.0. The summed E-state index contributed by atoms with van der Waals surface area (Å²) >= 11 is 0. The molecule has 0 amide bonds. The lowest BCUT2D eigenvalue weighted by Gasteiger charge is -2.09. The molecule has 0 aliphatic heterocycles. The maximum Gasteiger partial charge on any atom is 0.211 e. The molecule has 0 aliphatic rings. The first-order valence-electron chi connectivity index (χ1n) is 5.89. The Morgan fingerprint density at radius 1 is 1.40 bits per heavy atom. The average molecular weight is 210 g/mol. The van der Waals surface area contributed by atoms with Gasteiger partial charge in [0.25, 0.3) is 0 Å². The Hall–Kier alpha value is -0.830. The topological polar surface area (TPSA) is 38.1 Å². The monoisotopic (exact) mass is 210 g/mol. The third kappa shape index (κ3) is 4.47. The molecule has 1 rings (SSSR count). The van der Waals surface area contributed by atoms with Gasteiger partial charge in [-0.2, -0.15) is 0 Å². The lowest BCUT2D eigenvalue weighted by molar-refractivity contribution is 0.399. The van der Waals surface area contributed by atoms with Gasteiger partial charge in [-0.25, -0.2) is 4.98 Å². The minimum Gasteiger partial charge on any atom is -0.444 e. The third-order valence-corrected chi connectivity index (χ3v) is 2.49. The minimum absolute atomic E-state index is 0.223. The first-order chi connectivity index (χ1) is 7.24. The number of unbranched alkanes of at least 4 members (excludes halogenated alkanes) is 3. The van der Waals surface area contributed by atoms with E-state index >= 15 is 0 Å². The van der Waals surface area contributed by atoms with Crippen LogP contribution in [0.25, 0.3) is 0 Å². The highest BCUT2D eigenvalue weighted by molar-refractivity contribution is 4.94. The van der Waals surface area contributed by atoms with Crippen LogP contribution in [-0.4, -0.2) is 11.5 Å². The molecule has 15 heavy (non-hydrogen) atoms. The van der Waals surface area contributed by atoms with Crippen LogP contribution in [-0.2, 0) is 0 Å². The van der Waals surface area contributed by atoms with Crippen LogP contribution in [0, 0.1) is 6.92 Å². The summed E-state index contributed by atoms with van der Waals surface area (Å²) in [5.74, 6) is 1.67. The van der Waals surface area contributed by atoms with Crippen LogP contribution < -0.4 is 5.32 Å². The van der Waals surface area contributed by atoms with Gasteiger partial charge in [0.2, 0.25) is 5.89 Å². The van der Waals surface area contributed by atoms with Crippen LogP contribution in [0.15, 0.2) is 10.6 Å². The zero-order valence-electron chi connectivity index (χ0n) is 10.0. The van der Waals surface area contributed by atoms with Crippen molar-refractivity contribution in [2.24, 2.45) is 0 Å². The predicted octanol–water partition coefficient (Wildman–Crippen LogP) is 3.21. The summed E-state index contributed by atoms with van der Waals surface area (Å²) in [6.07, 6.45) is 6.92. The molecule has 1 unspecified atom stereocenters. The van der Waals surface area contributed by atoms with E-state index < -0.39 is 0 Å². The Labute approximate surface area is 92.3 Å². The number of nitrogens with one attached hydrogen (secondary N) is 1. The van der Waals surface area contributed by atoms with Gasteiger partial charge in [-0.1, -0.05) is 26.2 Å². The van der Waals surface area contributed by atoms with Crippen LogP contribution in [0.4, 0.5) is 0 Å². The number of hydrogen-bond acceptors (Lipinski definition) is 3. The molecule has 0 radical (unpaired) electrons. The summed E-state index contributed by atoms with van der Waals surface area (Å²) in [6.45, 7) is 7.28. The molecule has 0 bridgehead atoms. The van der Waals surface area contributed by atoms with Gasteiger partial charge in [-0.3, -0.25) is 0 Å². The van der Waals surface area contributed by atoms with Crippen molar-refractivity contribution in [2.75, 3.05) is 6.54 Å². The molecule has 0 saturated carbocycles. The molecule has 0 saturated heterocycles. The van der Waals surface area contributed by atoms with E-state index in [9.17, 15) is 0 Å². The molecule has 0 aliphatic carbocycles. The minimum atomic E-state index is 0.223. The Bertz CT molecular complexity index is 270. The summed E-state index contributed by atoms with van der Waals surface area (Å²) in [5.41, 5.74) is 0. The fourth-order valence-corrected chi connectivity index (χ4v) is 1.53. The van der Waals surface area contributed by atoms with Gasteiger partial charge in [0.1, 0.15) is 5.76 Å². The molecule has 3 nitrogen and oxygen atoms in total. The smallest absolute Gasteiger partial charge is 0.211 e. The summed E-state index contributed by atoms with van der Waals surface area (Å²) in [6, 6.07) is 0.223. The van der Waals surface area contributed by atoms with E-state index in [1.807, 2.05) is 6.92 Å². The molecule has 0 fully saturated rings. The van der Waals surface area contributed by atoms with Crippen molar-refractivity contribution in [1.82, 2.24) is 10.3 Å². The fraction of sp³-hybridized carbons (Fsp3) is 0.750. The van der Waals surface area contributed by atoms with E-state index in [1.165, 1.54) is 25.7 Å². The highest BCUT2D eigenvalue weighted by Crippen LogP contribution is 2.11. The van der Waals surface area contributed by atoms with Gasteiger partial charge >= 0.3 is 0 Å². The number of rotatable bonds is 7. The van der Waals surface area contributed by atoms with Gasteiger partial charge in [-0.05, 0) is 26.8 Å². The summed E-state index contributed by atoms with van der Waals surface area (Å²) < 4.78 is 5.45. The molecule has 1 N–H and O–H groups in total. The average Bonchev–Trinajstić information content (AvgIpc) is 2.64. The van der Waals surface area contributed by atoms with Crippen LogP contribution >= 0.6 is 0 Å². The number of aryl methyl sites for hydroxylation is 1. The standard InChI is InChI=1S/C12H22N2O/c1-4-5-6-7-8-13-11(3)12-14-9-10(2)15-12/h9,11,13H,4-8H2,1-3H3. The molecule has 0 spiro atoms. The van der Waals surface area contributed by atoms with E-state index in [2.05, 4.69) is 24.1 Å². The van der Waals surface area contributed by atoms with E-state index in [0.29, 0.717) is 0 Å². The van der Waals surface area contributed by atoms with Crippen molar-refractivity contribution in [2.45, 2.75) is 52.5 Å². The van der Waals surface area contributed by atoms with Gasteiger partial charge in [-0.15, -0.1) is 0 Å². The van der Waals surface area contributed by atoms with Gasteiger partial charge < -0.3 is 9.73 Å². The van der Waals surface area contributed by atoms with E-state index in [1.54, 1.807) is 6.20 Å². The first kappa shape index (κ1) is 12.2. The SMILES string of the molecule is CCCCCCNC(C)c1ncc(C)o1. The van der Waals surface area contributed by atoms with Crippen molar-refractivity contribution in [3.63, 3.8) is 0 Å². The molecular formula is C12H22N2O. The van der Waals surface area contributed by atoms with Gasteiger partial charge in [0.15, 0.2) is 0 Å². The maximum atomic E-state index is 5.45. The molecule has 1 atom stereocenters. The number of nitrogens with zero attached hydrogens (tertiary/aromatic N) is 1. The van der Waals surface area contributed by atoms with Crippen molar-refractivity contribution >= 4 is 0 Å². The highest BCUT2D eigenvalue weighted by Gasteiger charge is 2.09. The van der Waals surface area contributed by atoms with Crippen molar-refractivity contribution in [1.29, 1.82) is 0 Å². The number of aromatic nitrogens is 1.